The fourth-order valence-corrected chi connectivity index (χ4v) is 1.09. The van der Waals surface area contributed by atoms with Crippen LogP contribution in [-0.4, -0.2) is 10.8 Å². The van der Waals surface area contributed by atoms with Gasteiger partial charge < -0.3 is 0 Å². The smallest absolute Gasteiger partial charge is 0.165 e. The Bertz CT molecular complexity index is 368. The first-order chi connectivity index (χ1) is 6.75. The average Bonchev–Trinajstić information content (AvgIpc) is 2.18. The number of hydrogen-bond donors (Lipinski definition) is 0. The molecule has 0 fully saturated rings. The molecule has 0 spiro atoms. The van der Waals surface area contributed by atoms with Crippen LogP contribution in [0.5, 0.6) is 0 Å². The molecule has 3 heteroatoms. The van der Waals surface area contributed by atoms with Crippen LogP contribution in [0.2, 0.25) is 0 Å². The van der Waals surface area contributed by atoms with E-state index in [1.165, 1.54) is 12.3 Å². The number of unbranched alkanes of at least 4 members (excludes halogenated alkanes) is 1. The number of Topliss-reactive ketones (excluding diaryl/α,β-unsaturated/α-hetero) is 1. The Morgan fingerprint density at radius 3 is 3.07 bits per heavy atom. The number of pyridine rings is 1. The molecule has 0 aliphatic rings. The van der Waals surface area contributed by atoms with Gasteiger partial charge in [-0.05, 0) is 12.5 Å². The third-order valence-electron chi connectivity index (χ3n) is 1.80. The number of hydrogen-bond acceptors (Lipinski definition) is 2. The van der Waals surface area contributed by atoms with E-state index in [1.807, 2.05) is 0 Å². The highest BCUT2D eigenvalue weighted by Gasteiger charge is 2.09. The number of carbonyl (C=O) groups is 1. The van der Waals surface area contributed by atoms with Gasteiger partial charge >= 0.3 is 0 Å². The predicted octanol–water partition coefficient (Wildman–Crippen LogP) is 2.21. The van der Waals surface area contributed by atoms with Crippen LogP contribution in [0, 0.1) is 18.2 Å². The van der Waals surface area contributed by atoms with Crippen LogP contribution in [-0.2, 0) is 0 Å². The summed E-state index contributed by atoms with van der Waals surface area (Å²) in [6.45, 7) is 0. The molecule has 0 aliphatic carbocycles. The average molecular weight is 191 g/mol. The maximum absolute atomic E-state index is 13.0. The second-order valence-corrected chi connectivity index (χ2v) is 2.84. The van der Waals surface area contributed by atoms with Crippen LogP contribution in [0.1, 0.15) is 29.6 Å². The number of halogens is 1. The van der Waals surface area contributed by atoms with Crippen molar-refractivity contribution in [2.45, 2.75) is 19.3 Å². The third kappa shape index (κ3) is 2.67. The lowest BCUT2D eigenvalue weighted by atomic mass is 10.1. The van der Waals surface area contributed by atoms with E-state index in [4.69, 9.17) is 6.42 Å². The van der Waals surface area contributed by atoms with E-state index >= 15 is 0 Å². The summed E-state index contributed by atoms with van der Waals surface area (Å²) in [6.07, 6.45) is 8.89. The molecule has 1 aromatic rings. The van der Waals surface area contributed by atoms with Gasteiger partial charge in [0.05, 0.1) is 11.8 Å². The topological polar surface area (TPSA) is 30.0 Å². The molecule has 72 valence electrons. The van der Waals surface area contributed by atoms with E-state index in [-0.39, 0.29) is 17.8 Å². The highest BCUT2D eigenvalue weighted by molar-refractivity contribution is 5.96. The number of nitrogens with zero attached hydrogens (tertiary/aromatic N) is 1. The Labute approximate surface area is 82.2 Å². The van der Waals surface area contributed by atoms with Crippen molar-refractivity contribution < 1.29 is 9.18 Å². The number of ketones is 1. The molecule has 0 amide bonds. The van der Waals surface area contributed by atoms with Gasteiger partial charge in [-0.1, -0.05) is 0 Å². The van der Waals surface area contributed by atoms with Gasteiger partial charge in [0.15, 0.2) is 11.6 Å². The monoisotopic (exact) mass is 191 g/mol. The zero-order valence-corrected chi connectivity index (χ0v) is 7.66. The molecule has 14 heavy (non-hydrogen) atoms. The minimum absolute atomic E-state index is 0.0945. The number of carbonyl (C=O) groups excluding carboxylic acids is 1. The first-order valence-electron chi connectivity index (χ1n) is 4.32. The van der Waals surface area contributed by atoms with Crippen LogP contribution in [0.25, 0.3) is 0 Å². The van der Waals surface area contributed by atoms with E-state index in [9.17, 15) is 9.18 Å². The number of terminal acetylenes is 1. The molecule has 1 rings (SSSR count). The summed E-state index contributed by atoms with van der Waals surface area (Å²) in [5.74, 6) is 1.64. The van der Waals surface area contributed by atoms with Gasteiger partial charge in [-0.3, -0.25) is 9.78 Å². The molecule has 0 N–H and O–H groups in total. The van der Waals surface area contributed by atoms with Crippen molar-refractivity contribution in [1.29, 1.82) is 0 Å². The first kappa shape index (κ1) is 10.4. The minimum Gasteiger partial charge on any atom is -0.294 e. The summed E-state index contributed by atoms with van der Waals surface area (Å²) in [4.78, 5) is 15.0. The molecule has 1 aromatic heterocycles. The molecule has 0 radical (unpaired) electrons. The van der Waals surface area contributed by atoms with E-state index in [0.717, 1.165) is 6.20 Å². The predicted molar refractivity (Wildman–Crippen MR) is 51.2 cm³/mol. The highest BCUT2D eigenvalue weighted by Crippen LogP contribution is 2.09. The van der Waals surface area contributed by atoms with Gasteiger partial charge in [-0.25, -0.2) is 4.39 Å². The third-order valence-corrected chi connectivity index (χ3v) is 1.80. The zero-order valence-electron chi connectivity index (χ0n) is 7.66. The fraction of sp³-hybridized carbons (Fsp3) is 0.273. The minimum atomic E-state index is -0.571. The highest BCUT2D eigenvalue weighted by atomic mass is 19.1. The lowest BCUT2D eigenvalue weighted by Crippen LogP contribution is -2.02. The van der Waals surface area contributed by atoms with Gasteiger partial charge in [-0.2, -0.15) is 0 Å². The van der Waals surface area contributed by atoms with Crippen molar-refractivity contribution in [1.82, 2.24) is 4.98 Å². The molecule has 0 saturated heterocycles. The quantitative estimate of drug-likeness (QED) is 0.415. The molecule has 0 saturated carbocycles. The Morgan fingerprint density at radius 2 is 2.43 bits per heavy atom. The normalized spacial score (nSPS) is 9.43. The largest absolute Gasteiger partial charge is 0.294 e. The van der Waals surface area contributed by atoms with Crippen molar-refractivity contribution in [2.75, 3.05) is 0 Å². The summed E-state index contributed by atoms with van der Waals surface area (Å²) in [6, 6.07) is 1.38. The molecule has 0 aromatic carbocycles. The molecular weight excluding hydrogens is 181 g/mol. The van der Waals surface area contributed by atoms with Crippen LogP contribution in [0.3, 0.4) is 0 Å². The second-order valence-electron chi connectivity index (χ2n) is 2.84. The number of aromatic nitrogens is 1. The molecule has 1 heterocycles. The SMILES string of the molecule is C#CCCCC(=O)c1ccncc1F. The van der Waals surface area contributed by atoms with E-state index in [1.54, 1.807) is 0 Å². The standard InChI is InChI=1S/C11H10FNO/c1-2-3-4-5-11(14)9-6-7-13-8-10(9)12/h1,6-8H,3-5H2. The summed E-state index contributed by atoms with van der Waals surface area (Å²) >= 11 is 0. The van der Waals surface area contributed by atoms with Crippen LogP contribution < -0.4 is 0 Å². The Morgan fingerprint density at radius 1 is 1.64 bits per heavy atom. The van der Waals surface area contributed by atoms with E-state index in [0.29, 0.717) is 12.8 Å². The molecule has 2 nitrogen and oxygen atoms in total. The molecule has 0 atom stereocenters. The van der Waals surface area contributed by atoms with E-state index in [2.05, 4.69) is 10.9 Å². The van der Waals surface area contributed by atoms with Crippen LogP contribution >= 0.6 is 0 Å². The van der Waals surface area contributed by atoms with Gasteiger partial charge in [0.1, 0.15) is 0 Å². The molecule has 0 unspecified atom stereocenters. The van der Waals surface area contributed by atoms with Gasteiger partial charge in [0.2, 0.25) is 0 Å². The lowest BCUT2D eigenvalue weighted by molar-refractivity contribution is 0.0976. The van der Waals surface area contributed by atoms with Crippen molar-refractivity contribution in [3.05, 3.63) is 29.8 Å². The van der Waals surface area contributed by atoms with Gasteiger partial charge in [0.25, 0.3) is 0 Å². The second kappa shape index (κ2) is 5.13. The van der Waals surface area contributed by atoms with Gasteiger partial charge in [0, 0.05) is 19.0 Å². The molecule has 0 aliphatic heterocycles. The Kier molecular flexibility index (Phi) is 3.81. The fourth-order valence-electron chi connectivity index (χ4n) is 1.09. The van der Waals surface area contributed by atoms with E-state index < -0.39 is 5.82 Å². The lowest BCUT2D eigenvalue weighted by Gasteiger charge is -1.99. The Balaban J connectivity index is 2.62. The van der Waals surface area contributed by atoms with Gasteiger partial charge in [-0.15, -0.1) is 12.3 Å². The van der Waals surface area contributed by atoms with Crippen molar-refractivity contribution in [3.8, 4) is 12.3 Å². The maximum atomic E-state index is 13.0. The first-order valence-corrected chi connectivity index (χ1v) is 4.32. The van der Waals surface area contributed by atoms with Crippen LogP contribution in [0.15, 0.2) is 18.5 Å². The summed E-state index contributed by atoms with van der Waals surface area (Å²) in [7, 11) is 0. The number of rotatable bonds is 4. The molecule has 0 bridgehead atoms. The zero-order chi connectivity index (χ0) is 10.4. The Hall–Kier alpha value is -1.69. The van der Waals surface area contributed by atoms with Crippen molar-refractivity contribution >= 4 is 5.78 Å². The molecular formula is C11H10FNO. The van der Waals surface area contributed by atoms with Crippen molar-refractivity contribution in [3.63, 3.8) is 0 Å². The summed E-state index contributed by atoms with van der Waals surface area (Å²) in [5, 5.41) is 0. The summed E-state index contributed by atoms with van der Waals surface area (Å²) in [5.41, 5.74) is 0.0945. The van der Waals surface area contributed by atoms with Crippen molar-refractivity contribution in [2.24, 2.45) is 0 Å². The maximum Gasteiger partial charge on any atom is 0.165 e. The van der Waals surface area contributed by atoms with Crippen LogP contribution in [0.4, 0.5) is 4.39 Å². The summed E-state index contributed by atoms with van der Waals surface area (Å²) < 4.78 is 13.0.